The van der Waals surface area contributed by atoms with Gasteiger partial charge in [-0.3, -0.25) is 0 Å². The summed E-state index contributed by atoms with van der Waals surface area (Å²) < 4.78 is 5.78. The predicted octanol–water partition coefficient (Wildman–Crippen LogP) is 4.53. The van der Waals surface area contributed by atoms with Gasteiger partial charge in [-0.05, 0) is 54.4 Å². The molecule has 0 radical (unpaired) electrons. The molecular formula is C18H17Cl2NO2S. The summed E-state index contributed by atoms with van der Waals surface area (Å²) in [6.45, 7) is 1.82. The number of fused-ring (bicyclic) bond motifs is 1. The zero-order valence-corrected chi connectivity index (χ0v) is 15.3. The number of thiophene rings is 1. The molecule has 1 saturated heterocycles. The molecule has 2 heterocycles. The molecule has 1 N–H and O–H groups in total. The van der Waals surface area contributed by atoms with E-state index in [9.17, 15) is 4.79 Å². The van der Waals surface area contributed by atoms with Gasteiger partial charge in [-0.25, -0.2) is 4.79 Å². The van der Waals surface area contributed by atoms with Crippen LogP contribution in [0.25, 0.3) is 0 Å². The summed E-state index contributed by atoms with van der Waals surface area (Å²) in [7, 11) is 0. The normalized spacial score (nSPS) is 28.8. The van der Waals surface area contributed by atoms with E-state index in [4.69, 9.17) is 27.9 Å². The van der Waals surface area contributed by atoms with Gasteiger partial charge in [0.25, 0.3) is 0 Å². The maximum Gasteiger partial charge on any atom is 0.348 e. The maximum atomic E-state index is 12.3. The number of hydrogen-bond donors (Lipinski definition) is 1. The number of benzene rings is 1. The molecule has 0 spiro atoms. The number of esters is 1. The molecule has 6 heteroatoms. The highest BCUT2D eigenvalue weighted by molar-refractivity contribution is 7.11. The fourth-order valence-electron chi connectivity index (χ4n) is 4.12. The lowest BCUT2D eigenvalue weighted by Crippen LogP contribution is -2.32. The van der Waals surface area contributed by atoms with Crippen LogP contribution < -0.4 is 5.32 Å². The minimum absolute atomic E-state index is 0.0331. The Bertz CT molecular complexity index is 764. The third-order valence-corrected chi connectivity index (χ3v) is 6.83. The Morgan fingerprint density at radius 1 is 1.29 bits per heavy atom. The molecule has 1 saturated carbocycles. The van der Waals surface area contributed by atoms with Gasteiger partial charge in [-0.15, -0.1) is 11.3 Å². The molecule has 1 aliphatic heterocycles. The number of rotatable bonds is 3. The highest BCUT2D eigenvalue weighted by atomic mass is 35.5. The van der Waals surface area contributed by atoms with E-state index in [1.807, 2.05) is 23.6 Å². The van der Waals surface area contributed by atoms with Crippen LogP contribution in [0, 0.1) is 5.92 Å². The fraction of sp³-hybridized carbons (Fsp3) is 0.389. The first kappa shape index (κ1) is 16.4. The Balaban J connectivity index is 1.57. The number of carbonyl (C=O) groups excluding carboxylic acids is 1. The van der Waals surface area contributed by atoms with Crippen LogP contribution in [0.15, 0.2) is 35.7 Å². The number of hydrogen-bond acceptors (Lipinski definition) is 4. The molecule has 1 aromatic heterocycles. The van der Waals surface area contributed by atoms with E-state index in [0.29, 0.717) is 20.8 Å². The molecule has 3 atom stereocenters. The minimum Gasteiger partial charge on any atom is -0.458 e. The van der Waals surface area contributed by atoms with Crippen molar-refractivity contribution in [3.8, 4) is 0 Å². The van der Waals surface area contributed by atoms with Gasteiger partial charge in [0.2, 0.25) is 0 Å². The molecule has 2 fully saturated rings. The lowest BCUT2D eigenvalue weighted by molar-refractivity contribution is 0.0303. The first-order valence-electron chi connectivity index (χ1n) is 7.99. The van der Waals surface area contributed by atoms with Gasteiger partial charge in [0.15, 0.2) is 0 Å². The van der Waals surface area contributed by atoms with Crippen molar-refractivity contribution in [1.29, 1.82) is 0 Å². The smallest absolute Gasteiger partial charge is 0.348 e. The third-order valence-electron chi connectivity index (χ3n) is 5.24. The molecule has 3 unspecified atom stereocenters. The second-order valence-corrected chi connectivity index (χ2v) is 8.32. The van der Waals surface area contributed by atoms with E-state index in [0.717, 1.165) is 25.9 Å². The van der Waals surface area contributed by atoms with Crippen molar-refractivity contribution in [2.75, 3.05) is 13.1 Å². The quantitative estimate of drug-likeness (QED) is 0.793. The Kier molecular flexibility index (Phi) is 4.33. The highest BCUT2D eigenvalue weighted by Crippen LogP contribution is 2.49. The summed E-state index contributed by atoms with van der Waals surface area (Å²) in [6, 6.07) is 9.55. The maximum absolute atomic E-state index is 12.3. The summed E-state index contributed by atoms with van der Waals surface area (Å²) in [5.74, 6) is 0.225. The zero-order chi connectivity index (χ0) is 16.7. The molecule has 4 rings (SSSR count). The van der Waals surface area contributed by atoms with E-state index >= 15 is 0 Å². The minimum atomic E-state index is -0.216. The molecule has 0 bridgehead atoms. The number of nitrogens with one attached hydrogen (secondary N) is 1. The van der Waals surface area contributed by atoms with Crippen molar-refractivity contribution in [2.45, 2.75) is 24.4 Å². The second-order valence-electron chi connectivity index (χ2n) is 6.56. The van der Waals surface area contributed by atoms with Crippen LogP contribution in [0.2, 0.25) is 10.0 Å². The Morgan fingerprint density at radius 3 is 2.92 bits per heavy atom. The van der Waals surface area contributed by atoms with Gasteiger partial charge in [0, 0.05) is 12.0 Å². The summed E-state index contributed by atoms with van der Waals surface area (Å²) in [4.78, 5) is 12.9. The lowest BCUT2D eigenvalue weighted by atomic mass is 9.74. The average Bonchev–Trinajstić information content (AvgIpc) is 3.25. The van der Waals surface area contributed by atoms with Crippen LogP contribution >= 0.6 is 34.5 Å². The van der Waals surface area contributed by atoms with Crippen LogP contribution in [-0.4, -0.2) is 25.2 Å². The number of carbonyl (C=O) groups is 1. The van der Waals surface area contributed by atoms with E-state index < -0.39 is 0 Å². The molecule has 1 aromatic carbocycles. The highest BCUT2D eigenvalue weighted by Gasteiger charge is 2.52. The molecule has 1 aliphatic carbocycles. The first-order chi connectivity index (χ1) is 11.6. The van der Waals surface area contributed by atoms with E-state index in [1.54, 1.807) is 6.07 Å². The zero-order valence-electron chi connectivity index (χ0n) is 12.9. The summed E-state index contributed by atoms with van der Waals surface area (Å²) >= 11 is 13.7. The van der Waals surface area contributed by atoms with E-state index in [2.05, 4.69) is 11.4 Å². The van der Waals surface area contributed by atoms with E-state index in [1.165, 1.54) is 16.9 Å². The van der Waals surface area contributed by atoms with Gasteiger partial charge in [0.1, 0.15) is 11.0 Å². The molecule has 0 amide bonds. The van der Waals surface area contributed by atoms with Crippen LogP contribution in [0.4, 0.5) is 0 Å². The largest absolute Gasteiger partial charge is 0.458 e. The van der Waals surface area contributed by atoms with E-state index in [-0.39, 0.29) is 17.5 Å². The third kappa shape index (κ3) is 2.76. The van der Waals surface area contributed by atoms with Crippen LogP contribution in [0.3, 0.4) is 0 Å². The molecule has 2 aliphatic rings. The molecule has 24 heavy (non-hydrogen) atoms. The Labute approximate surface area is 154 Å². The van der Waals surface area contributed by atoms with Gasteiger partial charge in [-0.1, -0.05) is 35.3 Å². The van der Waals surface area contributed by atoms with Crippen molar-refractivity contribution >= 4 is 40.5 Å². The van der Waals surface area contributed by atoms with Crippen LogP contribution in [-0.2, 0) is 10.2 Å². The Morgan fingerprint density at radius 2 is 2.17 bits per heavy atom. The van der Waals surface area contributed by atoms with Gasteiger partial charge < -0.3 is 10.1 Å². The molecule has 126 valence electrons. The van der Waals surface area contributed by atoms with Crippen molar-refractivity contribution in [2.24, 2.45) is 5.92 Å². The molecule has 3 nitrogen and oxygen atoms in total. The van der Waals surface area contributed by atoms with Crippen molar-refractivity contribution in [1.82, 2.24) is 5.32 Å². The summed E-state index contributed by atoms with van der Waals surface area (Å²) in [6.07, 6.45) is 1.64. The standard InChI is InChI=1S/C18H17Cl2NO2S/c19-14-4-3-11(7-15(14)20)18-8-13(6-12(18)9-21-10-18)23-17(22)16-2-1-5-24-16/h1-5,7,12-13,21H,6,8-10H2. The second kappa shape index (κ2) is 6.34. The van der Waals surface area contributed by atoms with Crippen LogP contribution in [0.1, 0.15) is 28.1 Å². The lowest BCUT2D eigenvalue weighted by Gasteiger charge is -2.29. The van der Waals surface area contributed by atoms with Crippen LogP contribution in [0.5, 0.6) is 0 Å². The number of ether oxygens (including phenoxy) is 1. The van der Waals surface area contributed by atoms with Crippen molar-refractivity contribution in [3.63, 3.8) is 0 Å². The monoisotopic (exact) mass is 381 g/mol. The predicted molar refractivity (Wildman–Crippen MR) is 97.3 cm³/mol. The Hall–Kier alpha value is -1.07. The first-order valence-corrected chi connectivity index (χ1v) is 9.63. The van der Waals surface area contributed by atoms with Gasteiger partial charge in [-0.2, -0.15) is 0 Å². The number of halogens is 2. The summed E-state index contributed by atoms with van der Waals surface area (Å²) in [5, 5.41) is 6.52. The average molecular weight is 382 g/mol. The fourth-order valence-corrected chi connectivity index (χ4v) is 5.02. The molecule has 2 aromatic rings. The van der Waals surface area contributed by atoms with Gasteiger partial charge in [0.05, 0.1) is 10.0 Å². The SMILES string of the molecule is O=C(OC1CC2CNCC2(c2ccc(Cl)c(Cl)c2)C1)c1cccs1. The molecular weight excluding hydrogens is 365 g/mol. The summed E-state index contributed by atoms with van der Waals surface area (Å²) in [5.41, 5.74) is 1.15. The van der Waals surface area contributed by atoms with Gasteiger partial charge >= 0.3 is 5.97 Å². The van der Waals surface area contributed by atoms with Crippen molar-refractivity contribution < 1.29 is 9.53 Å². The van der Waals surface area contributed by atoms with Crippen molar-refractivity contribution in [3.05, 3.63) is 56.2 Å². The topological polar surface area (TPSA) is 38.3 Å².